The molecule has 0 fully saturated rings. The van der Waals surface area contributed by atoms with Crippen molar-refractivity contribution in [2.45, 2.75) is 33.2 Å². The third kappa shape index (κ3) is 2.46. The molecule has 0 unspecified atom stereocenters. The number of thiophene rings is 1. The summed E-state index contributed by atoms with van der Waals surface area (Å²) in [7, 11) is 0. The Morgan fingerprint density at radius 3 is 2.94 bits per heavy atom. The maximum atomic E-state index is 9.29. The maximum absolute atomic E-state index is 9.29. The van der Waals surface area contributed by atoms with Crippen LogP contribution in [0.3, 0.4) is 0 Å². The molecule has 1 N–H and O–H groups in total. The van der Waals surface area contributed by atoms with Crippen molar-refractivity contribution in [1.29, 1.82) is 5.26 Å². The van der Waals surface area contributed by atoms with Crippen molar-refractivity contribution >= 4 is 16.3 Å². The molecule has 1 aromatic heterocycles. The lowest BCUT2D eigenvalue weighted by Crippen LogP contribution is -2.29. The highest BCUT2D eigenvalue weighted by molar-refractivity contribution is 7.16. The quantitative estimate of drug-likeness (QED) is 0.892. The van der Waals surface area contributed by atoms with Gasteiger partial charge in [0, 0.05) is 24.5 Å². The summed E-state index contributed by atoms with van der Waals surface area (Å²) in [5.41, 5.74) is 2.19. The highest BCUT2D eigenvalue weighted by Gasteiger charge is 2.23. The second-order valence-corrected chi connectivity index (χ2v) is 5.47. The average Bonchev–Trinajstić information content (AvgIpc) is 2.72. The van der Waals surface area contributed by atoms with Gasteiger partial charge in [-0.3, -0.25) is 4.90 Å². The zero-order chi connectivity index (χ0) is 12.3. The predicted octanol–water partition coefficient (Wildman–Crippen LogP) is 2.82. The average molecular weight is 249 g/mol. The van der Waals surface area contributed by atoms with E-state index in [9.17, 15) is 5.26 Å². The van der Waals surface area contributed by atoms with E-state index in [0.717, 1.165) is 49.6 Å². The van der Waals surface area contributed by atoms with E-state index in [2.05, 4.69) is 30.1 Å². The lowest BCUT2D eigenvalue weighted by Gasteiger charge is -2.24. The van der Waals surface area contributed by atoms with Crippen LogP contribution in [0.4, 0.5) is 5.00 Å². The van der Waals surface area contributed by atoms with Crippen molar-refractivity contribution in [3.63, 3.8) is 0 Å². The van der Waals surface area contributed by atoms with E-state index in [0.29, 0.717) is 0 Å². The number of rotatable bonds is 4. The number of anilines is 1. The zero-order valence-electron chi connectivity index (χ0n) is 10.5. The van der Waals surface area contributed by atoms with E-state index in [1.807, 2.05) is 0 Å². The summed E-state index contributed by atoms with van der Waals surface area (Å²) in [6, 6.07) is 2.37. The fraction of sp³-hybridized carbons (Fsp3) is 0.615. The minimum absolute atomic E-state index is 0.897. The number of nitriles is 1. The van der Waals surface area contributed by atoms with Gasteiger partial charge in [-0.25, -0.2) is 0 Å². The topological polar surface area (TPSA) is 39.1 Å². The highest BCUT2D eigenvalue weighted by Crippen LogP contribution is 2.36. The van der Waals surface area contributed by atoms with Gasteiger partial charge in [0.2, 0.25) is 0 Å². The van der Waals surface area contributed by atoms with Crippen LogP contribution in [0, 0.1) is 11.3 Å². The Bertz CT molecular complexity index is 431. The first kappa shape index (κ1) is 12.4. The van der Waals surface area contributed by atoms with Crippen molar-refractivity contribution in [3.8, 4) is 6.07 Å². The monoisotopic (exact) mass is 249 g/mol. The second kappa shape index (κ2) is 5.52. The van der Waals surface area contributed by atoms with E-state index in [1.165, 1.54) is 10.4 Å². The molecule has 1 aliphatic rings. The highest BCUT2D eigenvalue weighted by atomic mass is 32.1. The molecule has 92 valence electrons. The van der Waals surface area contributed by atoms with Crippen molar-refractivity contribution in [2.75, 3.05) is 25.0 Å². The Labute approximate surface area is 107 Å². The summed E-state index contributed by atoms with van der Waals surface area (Å²) >= 11 is 1.77. The summed E-state index contributed by atoms with van der Waals surface area (Å²) in [5.74, 6) is 0. The molecule has 17 heavy (non-hydrogen) atoms. The number of hydrogen-bond acceptors (Lipinski definition) is 4. The zero-order valence-corrected chi connectivity index (χ0v) is 11.4. The molecule has 0 amide bonds. The standard InChI is InChI=1S/C13H19N3S/c1-3-6-15-13-11(8-14)10-5-7-16(4-2)9-12(10)17-13/h15H,3-7,9H2,1-2H3. The first-order valence-corrected chi connectivity index (χ1v) is 7.12. The molecule has 3 nitrogen and oxygen atoms in total. The number of fused-ring (bicyclic) bond motifs is 1. The largest absolute Gasteiger partial charge is 0.376 e. The molecule has 0 spiro atoms. The third-order valence-electron chi connectivity index (χ3n) is 3.23. The van der Waals surface area contributed by atoms with Crippen molar-refractivity contribution in [2.24, 2.45) is 0 Å². The number of likely N-dealkylation sites (N-methyl/N-ethyl adjacent to an activating group) is 1. The van der Waals surface area contributed by atoms with Crippen LogP contribution in [0.5, 0.6) is 0 Å². The Morgan fingerprint density at radius 2 is 2.29 bits per heavy atom. The molecule has 2 rings (SSSR count). The van der Waals surface area contributed by atoms with Crippen LogP contribution in [0.2, 0.25) is 0 Å². The second-order valence-electron chi connectivity index (χ2n) is 4.37. The van der Waals surface area contributed by atoms with Gasteiger partial charge in [-0.05, 0) is 24.9 Å². The summed E-state index contributed by atoms with van der Waals surface area (Å²) in [6.07, 6.45) is 2.12. The van der Waals surface area contributed by atoms with Crippen molar-refractivity contribution in [1.82, 2.24) is 4.90 Å². The molecule has 0 aromatic carbocycles. The Kier molecular flexibility index (Phi) is 4.03. The van der Waals surface area contributed by atoms with E-state index in [-0.39, 0.29) is 0 Å². The van der Waals surface area contributed by atoms with Crippen LogP contribution in [-0.2, 0) is 13.0 Å². The summed E-state index contributed by atoms with van der Waals surface area (Å²) in [6.45, 7) is 8.48. The smallest absolute Gasteiger partial charge is 0.107 e. The molecule has 0 aliphatic carbocycles. The minimum Gasteiger partial charge on any atom is -0.376 e. The fourth-order valence-electron chi connectivity index (χ4n) is 2.21. The van der Waals surface area contributed by atoms with E-state index >= 15 is 0 Å². The number of hydrogen-bond donors (Lipinski definition) is 1. The predicted molar refractivity (Wildman–Crippen MR) is 72.5 cm³/mol. The van der Waals surface area contributed by atoms with Crippen molar-refractivity contribution in [3.05, 3.63) is 16.0 Å². The van der Waals surface area contributed by atoms with Crippen LogP contribution >= 0.6 is 11.3 Å². The van der Waals surface area contributed by atoms with Gasteiger partial charge in [0.1, 0.15) is 11.1 Å². The Balaban J connectivity index is 2.26. The van der Waals surface area contributed by atoms with Gasteiger partial charge in [-0.15, -0.1) is 11.3 Å². The van der Waals surface area contributed by atoms with Gasteiger partial charge in [0.25, 0.3) is 0 Å². The Morgan fingerprint density at radius 1 is 1.47 bits per heavy atom. The van der Waals surface area contributed by atoms with Gasteiger partial charge in [0.05, 0.1) is 5.56 Å². The number of nitrogens with one attached hydrogen (secondary N) is 1. The summed E-state index contributed by atoms with van der Waals surface area (Å²) < 4.78 is 0. The van der Waals surface area contributed by atoms with Gasteiger partial charge < -0.3 is 5.32 Å². The molecule has 0 saturated heterocycles. The third-order valence-corrected chi connectivity index (χ3v) is 4.40. The Hall–Kier alpha value is -1.05. The molecule has 0 atom stereocenters. The summed E-state index contributed by atoms with van der Waals surface area (Å²) in [4.78, 5) is 3.82. The van der Waals surface area contributed by atoms with E-state index < -0.39 is 0 Å². The molecule has 1 aliphatic heterocycles. The van der Waals surface area contributed by atoms with Crippen LogP contribution in [-0.4, -0.2) is 24.5 Å². The molecule has 2 heterocycles. The maximum Gasteiger partial charge on any atom is 0.107 e. The summed E-state index contributed by atoms with van der Waals surface area (Å²) in [5, 5.41) is 13.8. The van der Waals surface area contributed by atoms with Gasteiger partial charge in [-0.2, -0.15) is 5.26 Å². The molecular weight excluding hydrogens is 230 g/mol. The van der Waals surface area contributed by atoms with Crippen LogP contribution in [0.1, 0.15) is 36.3 Å². The molecular formula is C13H19N3S. The van der Waals surface area contributed by atoms with Crippen LogP contribution in [0.15, 0.2) is 0 Å². The molecule has 0 bridgehead atoms. The van der Waals surface area contributed by atoms with Gasteiger partial charge >= 0.3 is 0 Å². The van der Waals surface area contributed by atoms with Gasteiger partial charge in [-0.1, -0.05) is 13.8 Å². The first-order valence-electron chi connectivity index (χ1n) is 6.31. The fourth-order valence-corrected chi connectivity index (χ4v) is 3.47. The lowest BCUT2D eigenvalue weighted by molar-refractivity contribution is 0.271. The minimum atomic E-state index is 0.897. The first-order chi connectivity index (χ1) is 8.30. The SMILES string of the molecule is CCCNc1sc2c(c1C#N)CCN(CC)C2. The number of nitrogens with zero attached hydrogens (tertiary/aromatic N) is 2. The van der Waals surface area contributed by atoms with Crippen LogP contribution < -0.4 is 5.32 Å². The molecule has 0 saturated carbocycles. The van der Waals surface area contributed by atoms with E-state index in [4.69, 9.17) is 0 Å². The van der Waals surface area contributed by atoms with Gasteiger partial charge in [0.15, 0.2) is 0 Å². The lowest BCUT2D eigenvalue weighted by atomic mass is 10.0. The van der Waals surface area contributed by atoms with Crippen molar-refractivity contribution < 1.29 is 0 Å². The normalized spacial score (nSPS) is 15.4. The molecule has 1 aromatic rings. The molecule has 4 heteroatoms. The van der Waals surface area contributed by atoms with E-state index in [1.54, 1.807) is 11.3 Å². The molecule has 0 radical (unpaired) electrons. The van der Waals surface area contributed by atoms with Crippen LogP contribution in [0.25, 0.3) is 0 Å².